The largest absolute Gasteiger partial charge is 0.368 e. The minimum atomic E-state index is -0.687. The number of para-hydroxylation sites is 1. The fourth-order valence-electron chi connectivity index (χ4n) is 1.30. The van der Waals surface area contributed by atoms with Gasteiger partial charge in [0.25, 0.3) is 5.91 Å². The predicted octanol–water partition coefficient (Wildman–Crippen LogP) is -0.586. The highest BCUT2D eigenvalue weighted by Gasteiger charge is 2.11. The van der Waals surface area contributed by atoms with E-state index in [0.717, 1.165) is 5.69 Å². The lowest BCUT2D eigenvalue weighted by molar-refractivity contribution is -0.124. The van der Waals surface area contributed by atoms with Crippen molar-refractivity contribution >= 4 is 11.8 Å². The highest BCUT2D eigenvalue weighted by atomic mass is 16.7. The van der Waals surface area contributed by atoms with Crippen LogP contribution >= 0.6 is 0 Å². The van der Waals surface area contributed by atoms with Gasteiger partial charge in [-0.2, -0.15) is 0 Å². The second-order valence-electron chi connectivity index (χ2n) is 3.57. The van der Waals surface area contributed by atoms with Crippen LogP contribution in [0.1, 0.15) is 10.5 Å². The number of primary amides is 1. The molecule has 0 saturated heterocycles. The lowest BCUT2D eigenvalue weighted by atomic mass is 10.3. The van der Waals surface area contributed by atoms with Gasteiger partial charge in [-0.15, -0.1) is 5.10 Å². The molecule has 3 N–H and O–H groups in total. The van der Waals surface area contributed by atoms with Gasteiger partial charge in [-0.25, -0.2) is 10.2 Å². The SMILES string of the molecule is NC(=O)CONC(=O)c1cn(-c2ccccc2)nn1. The van der Waals surface area contributed by atoms with Gasteiger partial charge in [-0.05, 0) is 12.1 Å². The number of hydrogen-bond donors (Lipinski definition) is 2. The van der Waals surface area contributed by atoms with E-state index >= 15 is 0 Å². The summed E-state index contributed by atoms with van der Waals surface area (Å²) in [5, 5.41) is 7.50. The first-order valence-corrected chi connectivity index (χ1v) is 5.35. The van der Waals surface area contributed by atoms with Crippen molar-refractivity contribution in [3.8, 4) is 5.69 Å². The van der Waals surface area contributed by atoms with E-state index in [1.807, 2.05) is 35.8 Å². The summed E-state index contributed by atoms with van der Waals surface area (Å²) in [6, 6.07) is 9.19. The molecule has 1 heterocycles. The van der Waals surface area contributed by atoms with Crippen LogP contribution in [0.2, 0.25) is 0 Å². The Morgan fingerprint density at radius 1 is 1.32 bits per heavy atom. The van der Waals surface area contributed by atoms with Crippen LogP contribution in [0.15, 0.2) is 36.5 Å². The molecule has 19 heavy (non-hydrogen) atoms. The maximum absolute atomic E-state index is 11.6. The summed E-state index contributed by atoms with van der Waals surface area (Å²) >= 11 is 0. The number of nitrogens with one attached hydrogen (secondary N) is 1. The summed E-state index contributed by atoms with van der Waals surface area (Å²) in [5.74, 6) is -1.29. The zero-order valence-corrected chi connectivity index (χ0v) is 9.81. The van der Waals surface area contributed by atoms with Crippen LogP contribution in [0.25, 0.3) is 5.69 Å². The maximum atomic E-state index is 11.6. The van der Waals surface area contributed by atoms with Crippen LogP contribution in [0.5, 0.6) is 0 Å². The summed E-state index contributed by atoms with van der Waals surface area (Å²) in [6.45, 7) is -0.404. The van der Waals surface area contributed by atoms with Crippen LogP contribution in [0, 0.1) is 0 Å². The monoisotopic (exact) mass is 261 g/mol. The van der Waals surface area contributed by atoms with Crippen molar-refractivity contribution < 1.29 is 14.4 Å². The number of rotatable bonds is 5. The topological polar surface area (TPSA) is 112 Å². The van der Waals surface area contributed by atoms with E-state index < -0.39 is 18.4 Å². The smallest absolute Gasteiger partial charge is 0.297 e. The van der Waals surface area contributed by atoms with Gasteiger partial charge in [0.15, 0.2) is 12.3 Å². The maximum Gasteiger partial charge on any atom is 0.297 e. The Bertz CT molecular complexity index is 581. The van der Waals surface area contributed by atoms with Crippen LogP contribution in [0.3, 0.4) is 0 Å². The van der Waals surface area contributed by atoms with E-state index in [1.165, 1.54) is 10.9 Å². The molecule has 1 aromatic heterocycles. The van der Waals surface area contributed by atoms with E-state index in [-0.39, 0.29) is 5.69 Å². The van der Waals surface area contributed by atoms with Gasteiger partial charge in [0.1, 0.15) is 0 Å². The molecule has 1 aromatic carbocycles. The molecule has 0 bridgehead atoms. The third-order valence-electron chi connectivity index (χ3n) is 2.13. The first kappa shape index (κ1) is 12.7. The average molecular weight is 261 g/mol. The Kier molecular flexibility index (Phi) is 3.84. The molecule has 98 valence electrons. The quantitative estimate of drug-likeness (QED) is 0.699. The van der Waals surface area contributed by atoms with Crippen LogP contribution in [-0.4, -0.2) is 33.4 Å². The molecule has 2 amide bonds. The van der Waals surface area contributed by atoms with Gasteiger partial charge in [0.2, 0.25) is 5.91 Å². The third kappa shape index (κ3) is 3.36. The molecule has 0 atom stereocenters. The molecule has 0 radical (unpaired) electrons. The fraction of sp³-hybridized carbons (Fsp3) is 0.0909. The third-order valence-corrected chi connectivity index (χ3v) is 2.13. The minimum absolute atomic E-state index is 0.0633. The second kappa shape index (κ2) is 5.74. The molecular formula is C11H11N5O3. The molecule has 8 heteroatoms. The van der Waals surface area contributed by atoms with Gasteiger partial charge in [-0.1, -0.05) is 23.4 Å². The predicted molar refractivity (Wildman–Crippen MR) is 64.0 cm³/mol. The van der Waals surface area contributed by atoms with Crippen molar-refractivity contribution in [1.82, 2.24) is 20.5 Å². The number of amides is 2. The van der Waals surface area contributed by atoms with Crippen molar-refractivity contribution in [1.29, 1.82) is 0 Å². The van der Waals surface area contributed by atoms with E-state index in [2.05, 4.69) is 15.1 Å². The highest BCUT2D eigenvalue weighted by Crippen LogP contribution is 2.05. The normalized spacial score (nSPS) is 10.1. The zero-order valence-electron chi connectivity index (χ0n) is 9.81. The van der Waals surface area contributed by atoms with E-state index in [4.69, 9.17) is 5.73 Å². The number of carbonyl (C=O) groups excluding carboxylic acids is 2. The fourth-order valence-corrected chi connectivity index (χ4v) is 1.30. The molecule has 8 nitrogen and oxygen atoms in total. The standard InChI is InChI=1S/C11H11N5O3/c12-10(17)7-19-14-11(18)9-6-16(15-13-9)8-4-2-1-3-5-8/h1-6H,7H2,(H2,12,17)(H,14,18). The molecule has 0 spiro atoms. The molecule has 2 rings (SSSR count). The highest BCUT2D eigenvalue weighted by molar-refractivity contribution is 5.91. The van der Waals surface area contributed by atoms with Crippen LogP contribution in [-0.2, 0) is 9.63 Å². The van der Waals surface area contributed by atoms with E-state index in [1.54, 1.807) is 0 Å². The summed E-state index contributed by atoms with van der Waals surface area (Å²) in [4.78, 5) is 26.6. The number of hydroxylamine groups is 1. The Balaban J connectivity index is 2.01. The lowest BCUT2D eigenvalue weighted by Crippen LogP contribution is -2.29. The van der Waals surface area contributed by atoms with Crippen LogP contribution in [0.4, 0.5) is 0 Å². The Hall–Kier alpha value is -2.74. The number of hydrogen-bond acceptors (Lipinski definition) is 5. The van der Waals surface area contributed by atoms with Crippen molar-refractivity contribution in [2.24, 2.45) is 5.73 Å². The molecule has 0 aliphatic heterocycles. The number of carbonyl (C=O) groups is 2. The number of nitrogens with zero attached hydrogens (tertiary/aromatic N) is 3. The molecule has 2 aromatic rings. The Morgan fingerprint density at radius 3 is 2.74 bits per heavy atom. The van der Waals surface area contributed by atoms with Crippen molar-refractivity contribution in [3.05, 3.63) is 42.2 Å². The van der Waals surface area contributed by atoms with Gasteiger partial charge in [-0.3, -0.25) is 14.4 Å². The molecule has 0 saturated carbocycles. The van der Waals surface area contributed by atoms with Gasteiger partial charge < -0.3 is 5.73 Å². The van der Waals surface area contributed by atoms with Gasteiger partial charge >= 0.3 is 0 Å². The minimum Gasteiger partial charge on any atom is -0.368 e. The first-order chi connectivity index (χ1) is 9.16. The molecule has 0 aliphatic rings. The number of nitrogens with two attached hydrogens (primary N) is 1. The summed E-state index contributed by atoms with van der Waals surface area (Å²) in [6.07, 6.45) is 1.44. The number of aromatic nitrogens is 3. The first-order valence-electron chi connectivity index (χ1n) is 5.35. The van der Waals surface area contributed by atoms with Crippen molar-refractivity contribution in [2.45, 2.75) is 0 Å². The molecular weight excluding hydrogens is 250 g/mol. The Morgan fingerprint density at radius 2 is 2.05 bits per heavy atom. The van der Waals surface area contributed by atoms with Crippen LogP contribution < -0.4 is 11.2 Å². The lowest BCUT2D eigenvalue weighted by Gasteiger charge is -2.00. The summed E-state index contributed by atoms with van der Waals surface area (Å²) < 4.78 is 1.45. The van der Waals surface area contributed by atoms with Crippen molar-refractivity contribution in [3.63, 3.8) is 0 Å². The summed E-state index contributed by atoms with van der Waals surface area (Å²) in [5.41, 5.74) is 7.72. The molecule has 0 fully saturated rings. The average Bonchev–Trinajstić information content (AvgIpc) is 2.89. The second-order valence-corrected chi connectivity index (χ2v) is 3.57. The number of benzene rings is 1. The van der Waals surface area contributed by atoms with E-state index in [9.17, 15) is 9.59 Å². The molecule has 0 aliphatic carbocycles. The van der Waals surface area contributed by atoms with Gasteiger partial charge in [0, 0.05) is 0 Å². The summed E-state index contributed by atoms with van der Waals surface area (Å²) in [7, 11) is 0. The Labute approximate surface area is 108 Å². The molecule has 0 unspecified atom stereocenters. The van der Waals surface area contributed by atoms with E-state index in [0.29, 0.717) is 0 Å². The van der Waals surface area contributed by atoms with Gasteiger partial charge in [0.05, 0.1) is 11.9 Å². The zero-order chi connectivity index (χ0) is 13.7. The van der Waals surface area contributed by atoms with Crippen molar-refractivity contribution in [2.75, 3.05) is 6.61 Å².